The molecule has 0 spiro atoms. The molecule has 0 radical (unpaired) electrons. The number of nitrogens with one attached hydrogen (secondary N) is 1. The smallest absolute Gasteiger partial charge is 0.0950 e. The molecule has 19 heavy (non-hydrogen) atoms. The molecule has 102 valence electrons. The van der Waals surface area contributed by atoms with Gasteiger partial charge in [-0.05, 0) is 43.1 Å². The van der Waals surface area contributed by atoms with Crippen LogP contribution in [0.15, 0.2) is 45.7 Å². The van der Waals surface area contributed by atoms with Crippen molar-refractivity contribution >= 4 is 27.5 Å². The van der Waals surface area contributed by atoms with E-state index in [4.69, 9.17) is 16.0 Å². The lowest BCUT2D eigenvalue weighted by Crippen LogP contribution is -2.23. The summed E-state index contributed by atoms with van der Waals surface area (Å²) < 4.78 is 6.18. The third-order valence-electron chi connectivity index (χ3n) is 3.03. The molecule has 0 saturated carbocycles. The highest BCUT2D eigenvalue weighted by Crippen LogP contribution is 2.26. The van der Waals surface area contributed by atoms with Gasteiger partial charge in [-0.1, -0.05) is 40.5 Å². The van der Waals surface area contributed by atoms with Gasteiger partial charge in [-0.2, -0.15) is 0 Å². The summed E-state index contributed by atoms with van der Waals surface area (Å²) >= 11 is 9.72. The second kappa shape index (κ2) is 7.13. The quantitative estimate of drug-likeness (QED) is 0.801. The summed E-state index contributed by atoms with van der Waals surface area (Å²) in [7, 11) is 0. The van der Waals surface area contributed by atoms with E-state index >= 15 is 0 Å². The normalized spacial score (nSPS) is 12.6. The summed E-state index contributed by atoms with van der Waals surface area (Å²) in [6.45, 7) is 3.13. The lowest BCUT2D eigenvalue weighted by molar-refractivity contribution is 0.512. The Hall–Kier alpha value is -0.770. The zero-order valence-corrected chi connectivity index (χ0v) is 13.2. The van der Waals surface area contributed by atoms with Crippen molar-refractivity contribution < 1.29 is 4.42 Å². The summed E-state index contributed by atoms with van der Waals surface area (Å²) in [6.07, 6.45) is 5.45. The molecule has 1 unspecified atom stereocenters. The number of furan rings is 1. The molecule has 0 aliphatic rings. The summed E-state index contributed by atoms with van der Waals surface area (Å²) in [6, 6.07) is 8.25. The van der Waals surface area contributed by atoms with Crippen LogP contribution in [0.5, 0.6) is 0 Å². The monoisotopic (exact) mass is 341 g/mol. The van der Waals surface area contributed by atoms with Gasteiger partial charge in [0.2, 0.25) is 0 Å². The Bertz CT molecular complexity index is 513. The van der Waals surface area contributed by atoms with Gasteiger partial charge in [-0.25, -0.2) is 0 Å². The Kier molecular flexibility index (Phi) is 5.49. The molecule has 1 atom stereocenters. The second-order valence-electron chi connectivity index (χ2n) is 4.50. The van der Waals surface area contributed by atoms with Gasteiger partial charge in [0.1, 0.15) is 0 Å². The number of hydrogen-bond acceptors (Lipinski definition) is 2. The Labute approximate surface area is 127 Å². The van der Waals surface area contributed by atoms with E-state index in [-0.39, 0.29) is 6.04 Å². The van der Waals surface area contributed by atoms with E-state index in [2.05, 4.69) is 34.2 Å². The van der Waals surface area contributed by atoms with Crippen LogP contribution in [0.3, 0.4) is 0 Å². The van der Waals surface area contributed by atoms with Crippen LogP contribution in [0.2, 0.25) is 5.02 Å². The van der Waals surface area contributed by atoms with Gasteiger partial charge in [0.25, 0.3) is 0 Å². The van der Waals surface area contributed by atoms with Crippen LogP contribution in [-0.2, 0) is 6.42 Å². The van der Waals surface area contributed by atoms with E-state index in [1.807, 2.05) is 18.2 Å². The van der Waals surface area contributed by atoms with Crippen molar-refractivity contribution in [2.24, 2.45) is 0 Å². The van der Waals surface area contributed by atoms with Crippen LogP contribution in [0, 0.1) is 0 Å². The first-order chi connectivity index (χ1) is 9.20. The minimum Gasteiger partial charge on any atom is -0.472 e. The molecule has 0 amide bonds. The first kappa shape index (κ1) is 14.6. The predicted octanol–water partition coefficient (Wildman–Crippen LogP) is 4.98. The van der Waals surface area contributed by atoms with Crippen LogP contribution >= 0.6 is 27.5 Å². The van der Waals surface area contributed by atoms with Crippen LogP contribution in [-0.4, -0.2) is 6.54 Å². The van der Waals surface area contributed by atoms with Crippen molar-refractivity contribution in [1.29, 1.82) is 0 Å². The maximum atomic E-state index is 6.29. The van der Waals surface area contributed by atoms with Gasteiger partial charge in [0.05, 0.1) is 12.5 Å². The molecular formula is C15H17BrClNO. The SMILES string of the molecule is CCCNC(Cc1ccc(Br)cc1Cl)c1ccoc1. The van der Waals surface area contributed by atoms with Crippen molar-refractivity contribution in [1.82, 2.24) is 5.32 Å². The fraction of sp³-hybridized carbons (Fsp3) is 0.333. The summed E-state index contributed by atoms with van der Waals surface area (Å²) in [4.78, 5) is 0. The highest BCUT2D eigenvalue weighted by atomic mass is 79.9. The maximum absolute atomic E-state index is 6.29. The fourth-order valence-corrected chi connectivity index (χ4v) is 2.76. The summed E-state index contributed by atoms with van der Waals surface area (Å²) in [5.74, 6) is 0. The maximum Gasteiger partial charge on any atom is 0.0950 e. The molecule has 1 N–H and O–H groups in total. The number of halogens is 2. The highest BCUT2D eigenvalue weighted by molar-refractivity contribution is 9.10. The van der Waals surface area contributed by atoms with Crippen LogP contribution in [0.4, 0.5) is 0 Å². The number of rotatable bonds is 6. The van der Waals surface area contributed by atoms with Crippen molar-refractivity contribution in [3.05, 3.63) is 57.4 Å². The van der Waals surface area contributed by atoms with Gasteiger partial charge in [-0.15, -0.1) is 0 Å². The molecular weight excluding hydrogens is 326 g/mol. The molecule has 1 heterocycles. The standard InChI is InChI=1S/C15H17BrClNO/c1-2-6-18-15(12-5-7-19-10-12)8-11-3-4-13(16)9-14(11)17/h3-5,7,9-10,15,18H,2,6,8H2,1H3. The van der Waals surface area contributed by atoms with Crippen LogP contribution < -0.4 is 5.32 Å². The van der Waals surface area contributed by atoms with Gasteiger partial charge < -0.3 is 9.73 Å². The summed E-state index contributed by atoms with van der Waals surface area (Å²) in [5, 5.41) is 4.32. The van der Waals surface area contributed by atoms with Gasteiger partial charge >= 0.3 is 0 Å². The summed E-state index contributed by atoms with van der Waals surface area (Å²) in [5.41, 5.74) is 2.30. The third kappa shape index (κ3) is 4.10. The molecule has 2 rings (SSSR count). The van der Waals surface area contributed by atoms with Crippen molar-refractivity contribution in [3.63, 3.8) is 0 Å². The van der Waals surface area contributed by atoms with Crippen molar-refractivity contribution in [2.45, 2.75) is 25.8 Å². The molecule has 2 nitrogen and oxygen atoms in total. The van der Waals surface area contributed by atoms with Gasteiger partial charge in [0.15, 0.2) is 0 Å². The highest BCUT2D eigenvalue weighted by Gasteiger charge is 2.14. The third-order valence-corrected chi connectivity index (χ3v) is 3.87. The zero-order chi connectivity index (χ0) is 13.7. The average Bonchev–Trinajstić information content (AvgIpc) is 2.90. The van der Waals surface area contributed by atoms with Crippen molar-refractivity contribution in [3.8, 4) is 0 Å². The molecule has 0 aliphatic heterocycles. The molecule has 1 aromatic carbocycles. The van der Waals surface area contributed by atoms with Crippen LogP contribution in [0.25, 0.3) is 0 Å². The second-order valence-corrected chi connectivity index (χ2v) is 5.83. The number of hydrogen-bond donors (Lipinski definition) is 1. The Morgan fingerprint density at radius 2 is 2.21 bits per heavy atom. The van der Waals surface area contributed by atoms with E-state index in [0.717, 1.165) is 40.0 Å². The zero-order valence-electron chi connectivity index (χ0n) is 10.8. The van der Waals surface area contributed by atoms with Gasteiger partial charge in [-0.3, -0.25) is 0 Å². The number of benzene rings is 1. The van der Waals surface area contributed by atoms with E-state index in [9.17, 15) is 0 Å². The minimum absolute atomic E-state index is 0.234. The van der Waals surface area contributed by atoms with Crippen LogP contribution in [0.1, 0.15) is 30.5 Å². The molecule has 1 aromatic heterocycles. The Morgan fingerprint density at radius 1 is 1.37 bits per heavy atom. The van der Waals surface area contributed by atoms with Gasteiger partial charge in [0, 0.05) is 21.1 Å². The lowest BCUT2D eigenvalue weighted by Gasteiger charge is -2.18. The van der Waals surface area contributed by atoms with E-state index in [0.29, 0.717) is 0 Å². The predicted molar refractivity (Wildman–Crippen MR) is 82.6 cm³/mol. The molecule has 0 saturated heterocycles. The minimum atomic E-state index is 0.234. The molecule has 0 bridgehead atoms. The molecule has 0 fully saturated rings. The van der Waals surface area contributed by atoms with Crippen molar-refractivity contribution in [2.75, 3.05) is 6.54 Å². The first-order valence-electron chi connectivity index (χ1n) is 6.40. The lowest BCUT2D eigenvalue weighted by atomic mass is 10.0. The molecule has 0 aliphatic carbocycles. The topological polar surface area (TPSA) is 25.2 Å². The Balaban J connectivity index is 2.15. The van der Waals surface area contributed by atoms with E-state index in [1.54, 1.807) is 12.5 Å². The van der Waals surface area contributed by atoms with E-state index in [1.165, 1.54) is 0 Å². The fourth-order valence-electron chi connectivity index (χ4n) is 2.01. The molecule has 2 aromatic rings. The Morgan fingerprint density at radius 3 is 2.84 bits per heavy atom. The average molecular weight is 343 g/mol. The largest absolute Gasteiger partial charge is 0.472 e. The molecule has 4 heteroatoms. The van der Waals surface area contributed by atoms with E-state index < -0.39 is 0 Å². The first-order valence-corrected chi connectivity index (χ1v) is 7.57.